The molecular weight excluding hydrogens is 444 g/mol. The number of hydrogen-bond donors (Lipinski definition) is 2. The zero-order valence-corrected chi connectivity index (χ0v) is 21.1. The molecule has 1 fully saturated rings. The number of carbonyl (C=O) groups excluding carboxylic acids is 1. The Morgan fingerprint density at radius 3 is 2.47 bits per heavy atom. The summed E-state index contributed by atoms with van der Waals surface area (Å²) in [6, 6.07) is 25.3. The van der Waals surface area contributed by atoms with Crippen molar-refractivity contribution in [3.8, 4) is 0 Å². The monoisotopic (exact) mass is 478 g/mol. The molecule has 1 amide bonds. The molecule has 1 saturated carbocycles. The molecule has 5 rings (SSSR count). The van der Waals surface area contributed by atoms with E-state index in [0.29, 0.717) is 18.1 Å². The molecule has 1 aliphatic rings. The fraction of sp³-hybridized carbons (Fsp3) is 0.323. The van der Waals surface area contributed by atoms with Crippen LogP contribution in [-0.4, -0.2) is 21.9 Å². The highest BCUT2D eigenvalue weighted by atomic mass is 16.1. The van der Waals surface area contributed by atoms with Crippen LogP contribution in [-0.2, 0) is 12.0 Å². The minimum atomic E-state index is -0.289. The van der Waals surface area contributed by atoms with Crippen molar-refractivity contribution in [2.45, 2.75) is 64.0 Å². The van der Waals surface area contributed by atoms with Gasteiger partial charge in [-0.25, -0.2) is 9.97 Å². The van der Waals surface area contributed by atoms with E-state index in [9.17, 15) is 4.79 Å². The number of aromatic nitrogens is 2. The van der Waals surface area contributed by atoms with Crippen LogP contribution in [0.2, 0.25) is 0 Å². The van der Waals surface area contributed by atoms with Gasteiger partial charge in [0, 0.05) is 24.2 Å². The van der Waals surface area contributed by atoms with Crippen LogP contribution in [0.15, 0.2) is 79.0 Å². The minimum Gasteiger partial charge on any atom is -0.352 e. The Morgan fingerprint density at radius 1 is 0.972 bits per heavy atom. The fourth-order valence-electron chi connectivity index (χ4n) is 5.42. The van der Waals surface area contributed by atoms with Crippen molar-refractivity contribution in [3.05, 3.63) is 101 Å². The highest BCUT2D eigenvalue weighted by molar-refractivity contribution is 5.96. The summed E-state index contributed by atoms with van der Waals surface area (Å²) in [7, 11) is 0. The predicted octanol–water partition coefficient (Wildman–Crippen LogP) is 6.63. The number of carbonyl (C=O) groups is 1. The molecule has 0 saturated heterocycles. The largest absolute Gasteiger partial charge is 0.352 e. The number of benzene rings is 3. The Bertz CT molecular complexity index is 1340. The van der Waals surface area contributed by atoms with Crippen LogP contribution in [0.4, 0.5) is 5.95 Å². The molecule has 184 valence electrons. The summed E-state index contributed by atoms with van der Waals surface area (Å²) in [5, 5.41) is 8.91. The van der Waals surface area contributed by atoms with E-state index in [1.165, 1.54) is 10.9 Å². The van der Waals surface area contributed by atoms with E-state index in [1.807, 2.05) is 24.3 Å². The fourth-order valence-corrected chi connectivity index (χ4v) is 5.42. The lowest BCUT2D eigenvalue weighted by atomic mass is 9.74. The molecule has 5 nitrogen and oxygen atoms in total. The summed E-state index contributed by atoms with van der Waals surface area (Å²) < 4.78 is 0. The maximum Gasteiger partial charge on any atom is 0.255 e. The first-order valence-electron chi connectivity index (χ1n) is 13.0. The number of nitrogens with zero attached hydrogens (tertiary/aromatic N) is 2. The van der Waals surface area contributed by atoms with Crippen molar-refractivity contribution >= 4 is 22.6 Å². The maximum absolute atomic E-state index is 13.7. The Labute approximate surface area is 213 Å². The predicted molar refractivity (Wildman–Crippen MR) is 146 cm³/mol. The van der Waals surface area contributed by atoms with Crippen LogP contribution < -0.4 is 10.6 Å². The second kappa shape index (κ2) is 10.5. The summed E-state index contributed by atoms with van der Waals surface area (Å²) in [4.78, 5) is 23.3. The summed E-state index contributed by atoms with van der Waals surface area (Å²) in [6.07, 6.45) is 6.86. The van der Waals surface area contributed by atoms with Gasteiger partial charge in [-0.3, -0.25) is 4.79 Å². The van der Waals surface area contributed by atoms with Gasteiger partial charge in [0.2, 0.25) is 5.95 Å². The first kappa shape index (κ1) is 24.0. The molecule has 1 aromatic heterocycles. The molecular formula is C31H34N4O. The summed E-state index contributed by atoms with van der Waals surface area (Å²) >= 11 is 0. The molecule has 3 aromatic carbocycles. The molecule has 1 unspecified atom stereocenters. The molecule has 36 heavy (non-hydrogen) atoms. The van der Waals surface area contributed by atoms with Gasteiger partial charge in [-0.2, -0.15) is 0 Å². The Hall–Kier alpha value is -3.73. The molecule has 0 aliphatic heterocycles. The molecule has 0 radical (unpaired) electrons. The molecule has 1 aliphatic carbocycles. The maximum atomic E-state index is 13.7. The van der Waals surface area contributed by atoms with Crippen LogP contribution in [0, 0.1) is 0 Å². The van der Waals surface area contributed by atoms with E-state index in [2.05, 4.69) is 78.0 Å². The highest BCUT2D eigenvalue weighted by Crippen LogP contribution is 2.47. The van der Waals surface area contributed by atoms with Crippen molar-refractivity contribution in [1.82, 2.24) is 15.3 Å². The zero-order chi connectivity index (χ0) is 25.0. The van der Waals surface area contributed by atoms with Gasteiger partial charge in [-0.1, -0.05) is 92.6 Å². The quantitative estimate of drug-likeness (QED) is 0.298. The molecule has 1 heterocycles. The van der Waals surface area contributed by atoms with Gasteiger partial charge in [-0.15, -0.1) is 0 Å². The third kappa shape index (κ3) is 4.70. The second-order valence-corrected chi connectivity index (χ2v) is 9.89. The lowest BCUT2D eigenvalue weighted by Crippen LogP contribution is -2.33. The van der Waals surface area contributed by atoms with Gasteiger partial charge < -0.3 is 10.6 Å². The van der Waals surface area contributed by atoms with E-state index in [-0.39, 0.29) is 17.4 Å². The first-order valence-corrected chi connectivity index (χ1v) is 13.0. The van der Waals surface area contributed by atoms with Crippen LogP contribution in [0.5, 0.6) is 0 Å². The molecule has 4 aromatic rings. The minimum absolute atomic E-state index is 0.129. The van der Waals surface area contributed by atoms with E-state index in [1.54, 1.807) is 6.20 Å². The van der Waals surface area contributed by atoms with Gasteiger partial charge in [0.25, 0.3) is 5.91 Å². The third-order valence-corrected chi connectivity index (χ3v) is 7.58. The molecule has 0 spiro atoms. The van der Waals surface area contributed by atoms with E-state index >= 15 is 0 Å². The van der Waals surface area contributed by atoms with Crippen molar-refractivity contribution in [3.63, 3.8) is 0 Å². The van der Waals surface area contributed by atoms with E-state index < -0.39 is 0 Å². The van der Waals surface area contributed by atoms with Gasteiger partial charge in [0.05, 0.1) is 11.3 Å². The summed E-state index contributed by atoms with van der Waals surface area (Å²) in [5.41, 5.74) is 3.43. The van der Waals surface area contributed by atoms with Gasteiger partial charge in [0.1, 0.15) is 0 Å². The lowest BCUT2D eigenvalue weighted by Gasteiger charge is -2.31. The van der Waals surface area contributed by atoms with Crippen LogP contribution >= 0.6 is 0 Å². The molecule has 2 N–H and O–H groups in total. The van der Waals surface area contributed by atoms with Gasteiger partial charge >= 0.3 is 0 Å². The Morgan fingerprint density at radius 2 is 1.69 bits per heavy atom. The standard InChI is InChI=1S/C31H34N4O/c1-3-22(2)34-30-33-21-27(28(35-30)31(18-9-10-19-31)25-15-5-4-6-16-25)29(36)32-20-24-14-11-13-23-12-7-8-17-26(23)24/h4-8,11-17,21-22H,3,9-10,18-20H2,1-2H3,(H,32,36)(H,33,34,35). The number of anilines is 1. The topological polar surface area (TPSA) is 66.9 Å². The average Bonchev–Trinajstić information content (AvgIpc) is 3.43. The van der Waals surface area contributed by atoms with Gasteiger partial charge in [0.15, 0.2) is 0 Å². The van der Waals surface area contributed by atoms with Crippen LogP contribution in [0.3, 0.4) is 0 Å². The second-order valence-electron chi connectivity index (χ2n) is 9.89. The molecule has 5 heteroatoms. The van der Waals surface area contributed by atoms with Crippen LogP contribution in [0.1, 0.15) is 73.1 Å². The number of fused-ring (bicyclic) bond motifs is 1. The summed E-state index contributed by atoms with van der Waals surface area (Å²) in [6.45, 7) is 4.71. The zero-order valence-electron chi connectivity index (χ0n) is 21.1. The van der Waals surface area contributed by atoms with E-state index in [4.69, 9.17) is 4.98 Å². The average molecular weight is 479 g/mol. The normalized spacial score (nSPS) is 15.5. The Balaban J connectivity index is 1.52. The van der Waals surface area contributed by atoms with Crippen LogP contribution in [0.25, 0.3) is 10.8 Å². The van der Waals surface area contributed by atoms with Crippen molar-refractivity contribution < 1.29 is 4.79 Å². The highest BCUT2D eigenvalue weighted by Gasteiger charge is 2.41. The van der Waals surface area contributed by atoms with Crippen molar-refractivity contribution in [1.29, 1.82) is 0 Å². The van der Waals surface area contributed by atoms with Crippen molar-refractivity contribution in [2.24, 2.45) is 0 Å². The third-order valence-electron chi connectivity index (χ3n) is 7.58. The van der Waals surface area contributed by atoms with Gasteiger partial charge in [-0.05, 0) is 48.1 Å². The smallest absolute Gasteiger partial charge is 0.255 e. The Kier molecular flexibility index (Phi) is 6.99. The first-order chi connectivity index (χ1) is 17.6. The van der Waals surface area contributed by atoms with E-state index in [0.717, 1.165) is 48.7 Å². The SMILES string of the molecule is CCC(C)Nc1ncc(C(=O)NCc2cccc3ccccc23)c(C2(c3ccccc3)CCCC2)n1. The number of amides is 1. The molecule has 0 bridgehead atoms. The number of nitrogens with one attached hydrogen (secondary N) is 2. The van der Waals surface area contributed by atoms with Crippen molar-refractivity contribution in [2.75, 3.05) is 5.32 Å². The summed E-state index contributed by atoms with van der Waals surface area (Å²) in [5.74, 6) is 0.461. The lowest BCUT2D eigenvalue weighted by molar-refractivity contribution is 0.0948. The number of hydrogen-bond acceptors (Lipinski definition) is 4. The number of rotatable bonds is 8. The molecule has 1 atom stereocenters.